The third-order valence-electron chi connectivity index (χ3n) is 6.94. The smallest absolute Gasteiger partial charge is 0.0361 e. The number of anilines is 4. The molecule has 0 fully saturated rings. The summed E-state index contributed by atoms with van der Waals surface area (Å²) in [7, 11) is 16.6. The molecule has 0 aliphatic heterocycles. The Hall–Kier alpha value is -3.45. The Morgan fingerprint density at radius 3 is 0.590 bits per heavy atom. The predicted octanol–water partition coefficient (Wildman–Crippen LogP) is 7.58. The van der Waals surface area contributed by atoms with Crippen LogP contribution >= 0.6 is 24.0 Å². The molecule has 0 saturated heterocycles. The van der Waals surface area contributed by atoms with E-state index in [1.807, 2.05) is 0 Å². The van der Waals surface area contributed by atoms with Gasteiger partial charge in [0.2, 0.25) is 0 Å². The number of hydrogen-bond donors (Lipinski definition) is 0. The second-order valence-electron chi connectivity index (χ2n) is 10.5. The summed E-state index contributed by atoms with van der Waals surface area (Å²) in [5.74, 6) is 0. The fourth-order valence-corrected chi connectivity index (χ4v) is 4.62. The third-order valence-corrected chi connectivity index (χ3v) is 6.94. The second-order valence-corrected chi connectivity index (χ2v) is 10.5. The maximum absolute atomic E-state index is 2.24. The molecule has 5 heteroatoms. The maximum atomic E-state index is 2.24. The predicted molar refractivity (Wildman–Crippen MR) is 184 cm³/mol. The van der Waals surface area contributed by atoms with Crippen LogP contribution in [0.4, 0.5) is 22.7 Å². The summed E-state index contributed by atoms with van der Waals surface area (Å²) in [5, 5.41) is 0. The van der Waals surface area contributed by atoms with Crippen molar-refractivity contribution in [2.24, 2.45) is 0 Å². The zero-order chi connectivity index (χ0) is 27.4. The monoisotopic (exact) mass is 632 g/mol. The van der Waals surface area contributed by atoms with Crippen molar-refractivity contribution in [2.75, 3.05) is 76.0 Å². The Bertz CT molecular complexity index is 1150. The molecular formula is C34H41IN4. The SMILES string of the molecule is CN(C)c1ccc(C(=C(c2ccc(N(C)C)cc2)c2ccc(N(C)C)cc2)c2ccc(N(C)C)cc2)cc1.I. The molecule has 0 unspecified atom stereocenters. The van der Waals surface area contributed by atoms with Gasteiger partial charge in [-0.2, -0.15) is 0 Å². The molecule has 0 aliphatic rings. The minimum Gasteiger partial charge on any atom is -0.378 e. The Balaban J connectivity index is 0.00000420. The molecule has 0 N–H and O–H groups in total. The van der Waals surface area contributed by atoms with Crippen molar-refractivity contribution >= 4 is 57.9 Å². The first kappa shape index (κ1) is 30.1. The van der Waals surface area contributed by atoms with Crippen LogP contribution in [0.25, 0.3) is 11.1 Å². The summed E-state index contributed by atoms with van der Waals surface area (Å²) in [6.45, 7) is 0. The summed E-state index contributed by atoms with van der Waals surface area (Å²) in [6, 6.07) is 35.5. The van der Waals surface area contributed by atoms with Gasteiger partial charge >= 0.3 is 0 Å². The van der Waals surface area contributed by atoms with Gasteiger partial charge in [-0.3, -0.25) is 0 Å². The summed E-state index contributed by atoms with van der Waals surface area (Å²) in [4.78, 5) is 8.56. The van der Waals surface area contributed by atoms with Crippen LogP contribution in [0.3, 0.4) is 0 Å². The van der Waals surface area contributed by atoms with E-state index in [4.69, 9.17) is 0 Å². The molecule has 0 heterocycles. The van der Waals surface area contributed by atoms with Crippen molar-refractivity contribution in [3.63, 3.8) is 0 Å². The van der Waals surface area contributed by atoms with Gasteiger partial charge in [0.05, 0.1) is 0 Å². The minimum absolute atomic E-state index is 0. The lowest BCUT2D eigenvalue weighted by Gasteiger charge is -2.21. The van der Waals surface area contributed by atoms with Crippen LogP contribution in [0, 0.1) is 0 Å². The van der Waals surface area contributed by atoms with Gasteiger partial charge in [-0.25, -0.2) is 0 Å². The van der Waals surface area contributed by atoms with E-state index in [-0.39, 0.29) is 24.0 Å². The van der Waals surface area contributed by atoms with Crippen LogP contribution in [0.5, 0.6) is 0 Å². The Kier molecular flexibility index (Phi) is 10.1. The summed E-state index contributed by atoms with van der Waals surface area (Å²) in [6.07, 6.45) is 0. The van der Waals surface area contributed by atoms with E-state index in [2.05, 4.69) is 173 Å². The lowest BCUT2D eigenvalue weighted by Crippen LogP contribution is -2.09. The van der Waals surface area contributed by atoms with Gasteiger partial charge in [0.25, 0.3) is 0 Å². The van der Waals surface area contributed by atoms with Crippen molar-refractivity contribution in [2.45, 2.75) is 0 Å². The summed E-state index contributed by atoms with van der Waals surface area (Å²) < 4.78 is 0. The van der Waals surface area contributed by atoms with Crippen LogP contribution in [-0.4, -0.2) is 56.4 Å². The number of benzene rings is 4. The average molecular weight is 633 g/mol. The topological polar surface area (TPSA) is 13.0 Å². The minimum atomic E-state index is 0. The molecule has 204 valence electrons. The number of rotatable bonds is 8. The highest BCUT2D eigenvalue weighted by Crippen LogP contribution is 2.38. The van der Waals surface area contributed by atoms with E-state index < -0.39 is 0 Å². The molecule has 39 heavy (non-hydrogen) atoms. The molecule has 0 spiro atoms. The Morgan fingerprint density at radius 2 is 0.462 bits per heavy atom. The van der Waals surface area contributed by atoms with Crippen LogP contribution in [0.2, 0.25) is 0 Å². The van der Waals surface area contributed by atoms with Gasteiger partial charge in [-0.15, -0.1) is 24.0 Å². The van der Waals surface area contributed by atoms with Crippen molar-refractivity contribution < 1.29 is 0 Å². The highest BCUT2D eigenvalue weighted by atomic mass is 127. The third kappa shape index (κ3) is 6.95. The summed E-state index contributed by atoms with van der Waals surface area (Å²) >= 11 is 0. The largest absolute Gasteiger partial charge is 0.378 e. The molecular weight excluding hydrogens is 591 g/mol. The highest BCUT2D eigenvalue weighted by molar-refractivity contribution is 14.0. The van der Waals surface area contributed by atoms with E-state index in [9.17, 15) is 0 Å². The van der Waals surface area contributed by atoms with Gasteiger partial charge in [-0.05, 0) is 81.9 Å². The molecule has 0 atom stereocenters. The first-order valence-corrected chi connectivity index (χ1v) is 13.0. The molecule has 4 nitrogen and oxygen atoms in total. The van der Waals surface area contributed by atoms with E-state index in [0.717, 1.165) is 0 Å². The van der Waals surface area contributed by atoms with Crippen LogP contribution in [0.1, 0.15) is 22.3 Å². The molecule has 4 aromatic carbocycles. The first-order valence-electron chi connectivity index (χ1n) is 13.0. The lowest BCUT2D eigenvalue weighted by molar-refractivity contribution is 1.13. The van der Waals surface area contributed by atoms with Crippen molar-refractivity contribution in [1.29, 1.82) is 0 Å². The van der Waals surface area contributed by atoms with Crippen LogP contribution in [0.15, 0.2) is 97.1 Å². The summed E-state index contributed by atoms with van der Waals surface area (Å²) in [5.41, 5.74) is 11.9. The molecule has 0 aromatic heterocycles. The van der Waals surface area contributed by atoms with E-state index >= 15 is 0 Å². The van der Waals surface area contributed by atoms with Crippen molar-refractivity contribution in [3.05, 3.63) is 119 Å². The zero-order valence-electron chi connectivity index (χ0n) is 24.4. The van der Waals surface area contributed by atoms with Gasteiger partial charge in [0, 0.05) is 79.1 Å². The molecule has 0 amide bonds. The molecule has 0 radical (unpaired) electrons. The van der Waals surface area contributed by atoms with E-state index in [0.29, 0.717) is 0 Å². The van der Waals surface area contributed by atoms with Gasteiger partial charge in [0.15, 0.2) is 0 Å². The normalized spacial score (nSPS) is 10.4. The van der Waals surface area contributed by atoms with Crippen molar-refractivity contribution in [3.8, 4) is 0 Å². The second kappa shape index (κ2) is 13.1. The van der Waals surface area contributed by atoms with Crippen molar-refractivity contribution in [1.82, 2.24) is 0 Å². The Morgan fingerprint density at radius 1 is 0.308 bits per heavy atom. The van der Waals surface area contributed by atoms with Gasteiger partial charge in [0.1, 0.15) is 0 Å². The van der Waals surface area contributed by atoms with Crippen LogP contribution < -0.4 is 19.6 Å². The standard InChI is InChI=1S/C34H40N4.HI/c1-35(2)29-17-9-25(10-18-29)33(26-11-19-30(20-12-26)36(3)4)34(27-13-21-31(22-14-27)37(5)6)28-15-23-32(24-16-28)38(7)8;/h9-24H,1-8H3;1H. The lowest BCUT2D eigenvalue weighted by atomic mass is 9.85. The highest BCUT2D eigenvalue weighted by Gasteiger charge is 2.17. The molecule has 0 bridgehead atoms. The number of nitrogens with zero attached hydrogens (tertiary/aromatic N) is 4. The fourth-order valence-electron chi connectivity index (χ4n) is 4.62. The number of halogens is 1. The maximum Gasteiger partial charge on any atom is 0.0361 e. The van der Waals surface area contributed by atoms with Gasteiger partial charge in [-0.1, -0.05) is 48.5 Å². The molecule has 4 aromatic rings. The quantitative estimate of drug-likeness (QED) is 0.147. The zero-order valence-corrected chi connectivity index (χ0v) is 26.8. The fraction of sp³-hybridized carbons (Fsp3) is 0.235. The average Bonchev–Trinajstić information content (AvgIpc) is 2.92. The Labute approximate surface area is 252 Å². The van der Waals surface area contributed by atoms with Crippen LogP contribution in [-0.2, 0) is 0 Å². The number of hydrogen-bond acceptors (Lipinski definition) is 4. The van der Waals surface area contributed by atoms with E-state index in [1.54, 1.807) is 0 Å². The van der Waals surface area contributed by atoms with Gasteiger partial charge < -0.3 is 19.6 Å². The molecule has 0 aliphatic carbocycles. The first-order chi connectivity index (χ1) is 18.2. The molecule has 0 saturated carbocycles. The molecule has 4 rings (SSSR count). The van der Waals surface area contributed by atoms with E-state index in [1.165, 1.54) is 56.1 Å².